The van der Waals surface area contributed by atoms with Crippen molar-refractivity contribution in [3.8, 4) is 0 Å². The highest BCUT2D eigenvalue weighted by atomic mass is 32.1. The first kappa shape index (κ1) is 13.5. The monoisotopic (exact) mass is 278 g/mol. The standard InChI is InChI=1S/C13H14N2O3S/c1-7(2)11(13(17)18)15-12(16)8-3-4-9-10(5-8)19-6-14-9/h3-7,11H,1-2H3,(H,15,16)(H,17,18)/t11-/m1/s1. The summed E-state index contributed by atoms with van der Waals surface area (Å²) >= 11 is 1.44. The van der Waals surface area contributed by atoms with E-state index in [1.54, 1.807) is 37.6 Å². The number of aromatic nitrogens is 1. The van der Waals surface area contributed by atoms with Crippen molar-refractivity contribution in [2.45, 2.75) is 19.9 Å². The Morgan fingerprint density at radius 3 is 2.74 bits per heavy atom. The van der Waals surface area contributed by atoms with Crippen LogP contribution < -0.4 is 5.32 Å². The molecule has 1 atom stereocenters. The van der Waals surface area contributed by atoms with Crippen molar-refractivity contribution < 1.29 is 14.7 Å². The maximum Gasteiger partial charge on any atom is 0.326 e. The SMILES string of the molecule is CC(C)[C@@H](NC(=O)c1ccc2ncsc2c1)C(=O)O. The van der Waals surface area contributed by atoms with Gasteiger partial charge in [-0.15, -0.1) is 11.3 Å². The minimum atomic E-state index is -1.03. The lowest BCUT2D eigenvalue weighted by Gasteiger charge is -2.17. The molecule has 0 spiro atoms. The average Bonchev–Trinajstić information content (AvgIpc) is 2.81. The Morgan fingerprint density at radius 1 is 1.37 bits per heavy atom. The van der Waals surface area contributed by atoms with E-state index in [0.29, 0.717) is 5.56 Å². The zero-order valence-corrected chi connectivity index (χ0v) is 11.4. The number of fused-ring (bicyclic) bond motifs is 1. The van der Waals surface area contributed by atoms with Gasteiger partial charge >= 0.3 is 5.97 Å². The molecule has 2 N–H and O–H groups in total. The van der Waals surface area contributed by atoms with Gasteiger partial charge in [-0.25, -0.2) is 9.78 Å². The van der Waals surface area contributed by atoms with Crippen molar-refractivity contribution in [2.75, 3.05) is 0 Å². The van der Waals surface area contributed by atoms with E-state index in [-0.39, 0.29) is 11.8 Å². The van der Waals surface area contributed by atoms with Crippen molar-refractivity contribution in [1.29, 1.82) is 0 Å². The molecule has 0 bridgehead atoms. The van der Waals surface area contributed by atoms with Gasteiger partial charge in [0.05, 0.1) is 15.7 Å². The van der Waals surface area contributed by atoms with E-state index < -0.39 is 12.0 Å². The van der Waals surface area contributed by atoms with Crippen LogP contribution in [0, 0.1) is 5.92 Å². The summed E-state index contributed by atoms with van der Waals surface area (Å²) in [5.74, 6) is -1.58. The quantitative estimate of drug-likeness (QED) is 0.898. The molecule has 0 saturated carbocycles. The largest absolute Gasteiger partial charge is 0.480 e. The third-order valence-electron chi connectivity index (χ3n) is 2.81. The number of benzene rings is 1. The number of carbonyl (C=O) groups is 2. The van der Waals surface area contributed by atoms with Gasteiger partial charge in [-0.1, -0.05) is 13.8 Å². The third kappa shape index (κ3) is 2.90. The second-order valence-corrected chi connectivity index (χ2v) is 5.45. The second kappa shape index (κ2) is 5.36. The summed E-state index contributed by atoms with van der Waals surface area (Å²) in [7, 11) is 0. The summed E-state index contributed by atoms with van der Waals surface area (Å²) in [4.78, 5) is 27.2. The number of hydrogen-bond donors (Lipinski definition) is 2. The van der Waals surface area contributed by atoms with Crippen LogP contribution in [0.2, 0.25) is 0 Å². The molecule has 2 rings (SSSR count). The fraction of sp³-hybridized carbons (Fsp3) is 0.308. The molecule has 0 radical (unpaired) electrons. The van der Waals surface area contributed by atoms with E-state index in [1.807, 2.05) is 0 Å². The Bertz CT molecular complexity index is 621. The molecule has 5 nitrogen and oxygen atoms in total. The van der Waals surface area contributed by atoms with Crippen molar-refractivity contribution in [2.24, 2.45) is 5.92 Å². The lowest BCUT2D eigenvalue weighted by atomic mass is 10.0. The van der Waals surface area contributed by atoms with Gasteiger partial charge in [0.2, 0.25) is 0 Å². The van der Waals surface area contributed by atoms with E-state index in [2.05, 4.69) is 10.3 Å². The van der Waals surface area contributed by atoms with Crippen LogP contribution in [0.5, 0.6) is 0 Å². The molecule has 1 heterocycles. The summed E-state index contributed by atoms with van der Waals surface area (Å²) in [5, 5.41) is 11.6. The van der Waals surface area contributed by atoms with Crippen LogP contribution in [0.25, 0.3) is 10.2 Å². The topological polar surface area (TPSA) is 79.3 Å². The molecule has 2 aromatic rings. The molecule has 1 aromatic carbocycles. The maximum absolute atomic E-state index is 12.0. The fourth-order valence-electron chi connectivity index (χ4n) is 1.73. The first-order chi connectivity index (χ1) is 8.99. The smallest absolute Gasteiger partial charge is 0.326 e. The Balaban J connectivity index is 2.21. The van der Waals surface area contributed by atoms with E-state index in [0.717, 1.165) is 10.2 Å². The Morgan fingerprint density at radius 2 is 2.11 bits per heavy atom. The summed E-state index contributed by atoms with van der Waals surface area (Å²) in [6.07, 6.45) is 0. The normalized spacial score (nSPS) is 12.6. The van der Waals surface area contributed by atoms with Gasteiger partial charge in [0.1, 0.15) is 6.04 Å². The van der Waals surface area contributed by atoms with Gasteiger partial charge in [-0.3, -0.25) is 4.79 Å². The molecule has 19 heavy (non-hydrogen) atoms. The number of amides is 1. The van der Waals surface area contributed by atoms with Crippen LogP contribution in [-0.2, 0) is 4.79 Å². The molecule has 6 heteroatoms. The fourth-order valence-corrected chi connectivity index (χ4v) is 2.45. The Labute approximate surface area is 114 Å². The number of hydrogen-bond acceptors (Lipinski definition) is 4. The maximum atomic E-state index is 12.0. The highest BCUT2D eigenvalue weighted by Crippen LogP contribution is 2.19. The lowest BCUT2D eigenvalue weighted by molar-refractivity contribution is -0.140. The molecule has 0 saturated heterocycles. The predicted octanol–water partition coefficient (Wildman–Crippen LogP) is 2.14. The minimum absolute atomic E-state index is 0.173. The molecular formula is C13H14N2O3S. The van der Waals surface area contributed by atoms with Crippen LogP contribution in [0.3, 0.4) is 0 Å². The van der Waals surface area contributed by atoms with Crippen LogP contribution in [-0.4, -0.2) is 28.0 Å². The highest BCUT2D eigenvalue weighted by Gasteiger charge is 2.23. The zero-order chi connectivity index (χ0) is 14.0. The summed E-state index contributed by atoms with van der Waals surface area (Å²) in [6, 6.07) is 4.24. The van der Waals surface area contributed by atoms with Crippen LogP contribution in [0.1, 0.15) is 24.2 Å². The molecular weight excluding hydrogens is 264 g/mol. The summed E-state index contributed by atoms with van der Waals surface area (Å²) < 4.78 is 0.907. The van der Waals surface area contributed by atoms with E-state index in [9.17, 15) is 9.59 Å². The van der Waals surface area contributed by atoms with Crippen molar-refractivity contribution in [1.82, 2.24) is 10.3 Å². The van der Waals surface area contributed by atoms with E-state index in [1.165, 1.54) is 11.3 Å². The number of rotatable bonds is 4. The Hall–Kier alpha value is -1.95. The predicted molar refractivity (Wildman–Crippen MR) is 73.3 cm³/mol. The van der Waals surface area contributed by atoms with Gasteiger partial charge in [0, 0.05) is 5.56 Å². The van der Waals surface area contributed by atoms with Crippen LogP contribution in [0.4, 0.5) is 0 Å². The molecule has 0 aliphatic heterocycles. The van der Waals surface area contributed by atoms with Gasteiger partial charge < -0.3 is 10.4 Å². The molecule has 0 unspecified atom stereocenters. The van der Waals surface area contributed by atoms with Gasteiger partial charge in [0.25, 0.3) is 5.91 Å². The number of aliphatic carboxylic acids is 1. The number of carboxylic acids is 1. The number of nitrogens with one attached hydrogen (secondary N) is 1. The lowest BCUT2D eigenvalue weighted by Crippen LogP contribution is -2.44. The number of carbonyl (C=O) groups excluding carboxylic acids is 1. The zero-order valence-electron chi connectivity index (χ0n) is 10.6. The first-order valence-corrected chi connectivity index (χ1v) is 6.74. The average molecular weight is 278 g/mol. The van der Waals surface area contributed by atoms with Crippen molar-refractivity contribution in [3.05, 3.63) is 29.3 Å². The van der Waals surface area contributed by atoms with Crippen LogP contribution in [0.15, 0.2) is 23.7 Å². The second-order valence-electron chi connectivity index (χ2n) is 4.57. The van der Waals surface area contributed by atoms with E-state index >= 15 is 0 Å². The Kier molecular flexibility index (Phi) is 3.80. The number of carboxylic acid groups (broad SMARTS) is 1. The third-order valence-corrected chi connectivity index (χ3v) is 3.60. The first-order valence-electron chi connectivity index (χ1n) is 5.86. The van der Waals surface area contributed by atoms with Gasteiger partial charge in [0.15, 0.2) is 0 Å². The minimum Gasteiger partial charge on any atom is -0.480 e. The molecule has 1 amide bonds. The molecule has 100 valence electrons. The van der Waals surface area contributed by atoms with Crippen molar-refractivity contribution in [3.63, 3.8) is 0 Å². The van der Waals surface area contributed by atoms with Crippen molar-refractivity contribution >= 4 is 33.4 Å². The van der Waals surface area contributed by atoms with Crippen LogP contribution >= 0.6 is 11.3 Å². The highest BCUT2D eigenvalue weighted by molar-refractivity contribution is 7.16. The molecule has 0 aliphatic rings. The molecule has 1 aromatic heterocycles. The molecule has 0 aliphatic carbocycles. The van der Waals surface area contributed by atoms with E-state index in [4.69, 9.17) is 5.11 Å². The van der Waals surface area contributed by atoms with Gasteiger partial charge in [-0.2, -0.15) is 0 Å². The number of thiazole rings is 1. The molecule has 0 fully saturated rings. The number of nitrogens with zero attached hydrogens (tertiary/aromatic N) is 1. The summed E-state index contributed by atoms with van der Waals surface area (Å²) in [5.41, 5.74) is 2.99. The summed E-state index contributed by atoms with van der Waals surface area (Å²) in [6.45, 7) is 3.51. The van der Waals surface area contributed by atoms with Gasteiger partial charge in [-0.05, 0) is 24.1 Å².